The van der Waals surface area contributed by atoms with Gasteiger partial charge in [-0.3, -0.25) is 0 Å². The Morgan fingerprint density at radius 2 is 1.84 bits per heavy atom. The molecule has 0 saturated carbocycles. The maximum Gasteiger partial charge on any atom is 0.138 e. The molecule has 3 N–H and O–H groups in total. The van der Waals surface area contributed by atoms with E-state index >= 15 is 0 Å². The number of benzene rings is 2. The predicted molar refractivity (Wildman–Crippen MR) is 78.9 cm³/mol. The number of halogens is 1. The summed E-state index contributed by atoms with van der Waals surface area (Å²) in [5, 5.41) is 12.4. The topological polar surface area (TPSA) is 46.2 Å². The monoisotopic (exact) mass is 271 g/mol. The van der Waals surface area contributed by atoms with Crippen molar-refractivity contribution >= 4 is 22.4 Å². The highest BCUT2D eigenvalue weighted by molar-refractivity contribution is 6.26. The minimum atomic E-state index is -1.08. The van der Waals surface area contributed by atoms with Gasteiger partial charge in [-0.1, -0.05) is 48.6 Å². The number of nitrogens with two attached hydrogens (primary N) is 1. The lowest BCUT2D eigenvalue weighted by Gasteiger charge is -2.33. The van der Waals surface area contributed by atoms with Crippen molar-refractivity contribution in [2.45, 2.75) is 11.0 Å². The first-order valence-electron chi connectivity index (χ1n) is 6.13. The van der Waals surface area contributed by atoms with Gasteiger partial charge in [0.15, 0.2) is 0 Å². The summed E-state index contributed by atoms with van der Waals surface area (Å²) in [7, 11) is 0. The Kier molecular flexibility index (Phi) is 2.85. The second kappa shape index (κ2) is 4.41. The van der Waals surface area contributed by atoms with Crippen LogP contribution in [0.3, 0.4) is 0 Å². The number of rotatable bonds is 1. The molecule has 3 rings (SSSR count). The van der Waals surface area contributed by atoms with E-state index in [4.69, 9.17) is 17.3 Å². The Bertz CT molecular complexity index is 692. The number of hydrogen-bond acceptors (Lipinski definition) is 2. The number of aliphatic hydroxyl groups is 1. The van der Waals surface area contributed by atoms with E-state index < -0.39 is 11.0 Å². The molecule has 1 aliphatic carbocycles. The van der Waals surface area contributed by atoms with E-state index in [2.05, 4.69) is 0 Å². The number of hydrogen-bond donors (Lipinski definition) is 2. The highest BCUT2D eigenvalue weighted by Gasteiger charge is 2.40. The molecule has 0 aromatic heterocycles. The highest BCUT2D eigenvalue weighted by Crippen LogP contribution is 2.41. The van der Waals surface area contributed by atoms with Gasteiger partial charge in [0.05, 0.1) is 0 Å². The van der Waals surface area contributed by atoms with Gasteiger partial charge in [0.2, 0.25) is 0 Å². The van der Waals surface area contributed by atoms with Crippen molar-refractivity contribution in [2.24, 2.45) is 5.73 Å². The molecule has 1 aliphatic rings. The lowest BCUT2D eigenvalue weighted by atomic mass is 9.85. The summed E-state index contributed by atoms with van der Waals surface area (Å²) in [5.74, 6) is 0. The maximum absolute atomic E-state index is 10.2. The summed E-state index contributed by atoms with van der Waals surface area (Å²) in [6.45, 7) is 0. The van der Waals surface area contributed by atoms with E-state index in [9.17, 15) is 5.11 Å². The van der Waals surface area contributed by atoms with Crippen molar-refractivity contribution in [1.82, 2.24) is 0 Å². The molecular formula is C16H14ClNO. The third kappa shape index (κ3) is 1.84. The van der Waals surface area contributed by atoms with Crippen molar-refractivity contribution in [1.29, 1.82) is 0 Å². The van der Waals surface area contributed by atoms with Crippen LogP contribution in [-0.2, 0) is 4.87 Å². The molecule has 0 radical (unpaired) electrons. The number of alkyl halides is 1. The second-order valence-electron chi connectivity index (χ2n) is 4.73. The molecule has 19 heavy (non-hydrogen) atoms. The van der Waals surface area contributed by atoms with Gasteiger partial charge < -0.3 is 10.8 Å². The van der Waals surface area contributed by atoms with Gasteiger partial charge in [-0.05, 0) is 28.5 Å². The normalized spacial score (nSPS) is 26.4. The minimum Gasteiger partial charge on any atom is -0.400 e. The molecule has 0 amide bonds. The smallest absolute Gasteiger partial charge is 0.138 e. The van der Waals surface area contributed by atoms with Crippen LogP contribution in [0.1, 0.15) is 5.56 Å². The van der Waals surface area contributed by atoms with Crippen molar-refractivity contribution in [3.63, 3.8) is 0 Å². The summed E-state index contributed by atoms with van der Waals surface area (Å²) in [4.78, 5) is -1.08. The predicted octanol–water partition coefficient (Wildman–Crippen LogP) is 3.05. The fourth-order valence-electron chi connectivity index (χ4n) is 2.44. The SMILES string of the molecule is NC1=CC=CC(O)C1(Cl)c1ccc2ccccc2c1. The molecule has 0 heterocycles. The summed E-state index contributed by atoms with van der Waals surface area (Å²) >= 11 is 6.61. The van der Waals surface area contributed by atoms with Gasteiger partial charge in [-0.15, -0.1) is 11.6 Å². The molecule has 2 atom stereocenters. The number of aliphatic hydroxyl groups excluding tert-OH is 1. The molecule has 96 valence electrons. The first-order valence-corrected chi connectivity index (χ1v) is 6.51. The molecule has 0 saturated heterocycles. The van der Waals surface area contributed by atoms with Crippen molar-refractivity contribution in [3.05, 3.63) is 72.0 Å². The van der Waals surface area contributed by atoms with Gasteiger partial charge in [-0.2, -0.15) is 0 Å². The van der Waals surface area contributed by atoms with Crippen molar-refractivity contribution in [2.75, 3.05) is 0 Å². The van der Waals surface area contributed by atoms with Gasteiger partial charge in [0.25, 0.3) is 0 Å². The first kappa shape index (κ1) is 12.3. The second-order valence-corrected chi connectivity index (χ2v) is 5.32. The van der Waals surface area contributed by atoms with Crippen LogP contribution in [0.5, 0.6) is 0 Å². The van der Waals surface area contributed by atoms with Crippen LogP contribution in [0.4, 0.5) is 0 Å². The third-order valence-corrected chi connectivity index (χ3v) is 4.23. The van der Waals surface area contributed by atoms with E-state index in [1.807, 2.05) is 42.5 Å². The van der Waals surface area contributed by atoms with E-state index in [1.165, 1.54) is 0 Å². The Balaban J connectivity index is 2.18. The summed E-state index contributed by atoms with van der Waals surface area (Å²) in [6.07, 6.45) is 4.27. The maximum atomic E-state index is 10.2. The Labute approximate surface area is 116 Å². The lowest BCUT2D eigenvalue weighted by molar-refractivity contribution is 0.183. The molecule has 0 fully saturated rings. The van der Waals surface area contributed by atoms with E-state index in [0.29, 0.717) is 5.70 Å². The molecule has 0 bridgehead atoms. The average molecular weight is 272 g/mol. The Morgan fingerprint density at radius 1 is 1.11 bits per heavy atom. The van der Waals surface area contributed by atoms with Crippen LogP contribution in [0.15, 0.2) is 66.4 Å². The fourth-order valence-corrected chi connectivity index (χ4v) is 2.70. The first-order chi connectivity index (χ1) is 9.12. The van der Waals surface area contributed by atoms with Crippen molar-refractivity contribution < 1.29 is 5.11 Å². The molecule has 0 aliphatic heterocycles. The Hall–Kier alpha value is -1.77. The van der Waals surface area contributed by atoms with Gasteiger partial charge in [-0.25, -0.2) is 0 Å². The summed E-state index contributed by atoms with van der Waals surface area (Å²) in [5.41, 5.74) is 7.26. The standard InChI is InChI=1S/C16H14ClNO/c17-16(14(18)6-3-7-15(16)19)13-9-8-11-4-1-2-5-12(11)10-13/h1-10,15,19H,18H2. The minimum absolute atomic E-state index is 0.458. The van der Waals surface area contributed by atoms with Crippen LogP contribution in [0.25, 0.3) is 10.8 Å². The van der Waals surface area contributed by atoms with Crippen molar-refractivity contribution in [3.8, 4) is 0 Å². The fraction of sp³-hybridized carbons (Fsp3) is 0.125. The van der Waals surface area contributed by atoms with Crippen LogP contribution in [0.2, 0.25) is 0 Å². The van der Waals surface area contributed by atoms with Gasteiger partial charge in [0.1, 0.15) is 11.0 Å². The van der Waals surface area contributed by atoms with E-state index in [1.54, 1.807) is 18.2 Å². The number of fused-ring (bicyclic) bond motifs is 1. The molecule has 2 unspecified atom stereocenters. The highest BCUT2D eigenvalue weighted by atomic mass is 35.5. The quantitative estimate of drug-likeness (QED) is 0.783. The zero-order valence-electron chi connectivity index (χ0n) is 10.3. The Morgan fingerprint density at radius 3 is 2.58 bits per heavy atom. The third-order valence-electron chi connectivity index (χ3n) is 3.57. The van der Waals surface area contributed by atoms with Gasteiger partial charge >= 0.3 is 0 Å². The lowest BCUT2D eigenvalue weighted by Crippen LogP contribution is -2.39. The molecule has 2 nitrogen and oxygen atoms in total. The molecule has 2 aromatic rings. The summed E-state index contributed by atoms with van der Waals surface area (Å²) < 4.78 is 0. The van der Waals surface area contributed by atoms with Crippen LogP contribution in [0, 0.1) is 0 Å². The zero-order chi connectivity index (χ0) is 13.5. The average Bonchev–Trinajstić information content (AvgIpc) is 2.44. The van der Waals surface area contributed by atoms with Crippen LogP contribution < -0.4 is 5.73 Å². The van der Waals surface area contributed by atoms with Gasteiger partial charge in [0, 0.05) is 5.70 Å². The van der Waals surface area contributed by atoms with Crippen LogP contribution in [-0.4, -0.2) is 11.2 Å². The zero-order valence-corrected chi connectivity index (χ0v) is 11.0. The largest absolute Gasteiger partial charge is 0.400 e. The summed E-state index contributed by atoms with van der Waals surface area (Å²) in [6, 6.07) is 13.9. The van der Waals surface area contributed by atoms with E-state index in [-0.39, 0.29) is 0 Å². The molecule has 2 aromatic carbocycles. The molecule has 0 spiro atoms. The number of allylic oxidation sites excluding steroid dienone is 2. The van der Waals surface area contributed by atoms with Crippen LogP contribution >= 0.6 is 11.6 Å². The molecule has 3 heteroatoms. The molecular weight excluding hydrogens is 258 g/mol. The van der Waals surface area contributed by atoms with E-state index in [0.717, 1.165) is 16.3 Å².